The number of carbonyl (C=O) groups is 1. The number of methoxy groups -OCH3 is 1. The Bertz CT molecular complexity index is 988. The van der Waals surface area contributed by atoms with Gasteiger partial charge >= 0.3 is 6.18 Å². The molecule has 5 nitrogen and oxygen atoms in total. The fourth-order valence-corrected chi connectivity index (χ4v) is 3.34. The minimum Gasteiger partial charge on any atom is -0.496 e. The number of hydrogen-bond acceptors (Lipinski definition) is 5. The highest BCUT2D eigenvalue weighted by Crippen LogP contribution is 2.35. The fraction of sp³-hybridized carbons (Fsp3) is 0.263. The van der Waals surface area contributed by atoms with E-state index in [1.807, 2.05) is 36.4 Å². The molecule has 1 atom stereocenters. The molecule has 0 saturated heterocycles. The van der Waals surface area contributed by atoms with Gasteiger partial charge in [0.05, 0.1) is 12.8 Å². The number of nitrogens with zero attached hydrogens (tertiary/aromatic N) is 1. The summed E-state index contributed by atoms with van der Waals surface area (Å²) in [6.07, 6.45) is -5.74. The summed E-state index contributed by atoms with van der Waals surface area (Å²) in [4.78, 5) is 16.4. The standard InChI is InChI=1S/C19H17F3N2O3S/c1-11(27-10-19(20,21)22)17(25)24-18-23-15(9-28-18)13-7-8-16(26-2)14-6-4-3-5-12(13)14/h3-9,11H,10H2,1-2H3,(H,23,24,25). The second-order valence-corrected chi connectivity index (χ2v) is 6.81. The molecule has 0 bridgehead atoms. The van der Waals surface area contributed by atoms with E-state index < -0.39 is 24.8 Å². The van der Waals surface area contributed by atoms with Crippen LogP contribution in [0, 0.1) is 0 Å². The summed E-state index contributed by atoms with van der Waals surface area (Å²) in [7, 11) is 1.60. The maximum Gasteiger partial charge on any atom is 0.411 e. The third-order valence-electron chi connectivity index (χ3n) is 3.98. The van der Waals surface area contributed by atoms with Gasteiger partial charge in [0.15, 0.2) is 5.13 Å². The van der Waals surface area contributed by atoms with Gasteiger partial charge in [-0.05, 0) is 24.4 Å². The first-order chi connectivity index (χ1) is 13.3. The molecule has 0 spiro atoms. The molecule has 3 aromatic rings. The number of ether oxygens (including phenoxy) is 2. The monoisotopic (exact) mass is 410 g/mol. The number of aromatic nitrogens is 1. The van der Waals surface area contributed by atoms with Gasteiger partial charge in [-0.1, -0.05) is 24.3 Å². The Hall–Kier alpha value is -2.65. The molecule has 1 heterocycles. The van der Waals surface area contributed by atoms with Crippen molar-refractivity contribution in [3.63, 3.8) is 0 Å². The van der Waals surface area contributed by atoms with E-state index in [0.29, 0.717) is 5.69 Å². The number of thiazole rings is 1. The second kappa shape index (κ2) is 8.15. The SMILES string of the molecule is COc1ccc(-c2csc(NC(=O)C(C)OCC(F)(F)F)n2)c2ccccc12. The topological polar surface area (TPSA) is 60.5 Å². The minimum absolute atomic E-state index is 0.280. The number of rotatable bonds is 6. The van der Waals surface area contributed by atoms with E-state index in [4.69, 9.17) is 4.74 Å². The molecule has 0 aliphatic carbocycles. The first kappa shape index (κ1) is 20.1. The summed E-state index contributed by atoms with van der Waals surface area (Å²) in [6, 6.07) is 11.4. The number of carbonyl (C=O) groups excluding carboxylic acids is 1. The molecule has 1 N–H and O–H groups in total. The second-order valence-electron chi connectivity index (χ2n) is 5.96. The molecule has 148 valence electrons. The third-order valence-corrected chi connectivity index (χ3v) is 4.74. The maximum absolute atomic E-state index is 12.2. The number of amides is 1. The summed E-state index contributed by atoms with van der Waals surface area (Å²) in [5.74, 6) is 0.0449. The van der Waals surface area contributed by atoms with Crippen molar-refractivity contribution in [2.24, 2.45) is 0 Å². The molecule has 9 heteroatoms. The van der Waals surface area contributed by atoms with Gasteiger partial charge in [-0.15, -0.1) is 11.3 Å². The molecule has 0 aliphatic heterocycles. The number of nitrogens with one attached hydrogen (secondary N) is 1. The largest absolute Gasteiger partial charge is 0.496 e. The fourth-order valence-electron chi connectivity index (χ4n) is 2.63. The number of alkyl halides is 3. The first-order valence-corrected chi connectivity index (χ1v) is 9.17. The van der Waals surface area contributed by atoms with Crippen molar-refractivity contribution in [1.82, 2.24) is 4.98 Å². The molecule has 0 fully saturated rings. The number of benzene rings is 2. The number of halogens is 3. The summed E-state index contributed by atoms with van der Waals surface area (Å²) in [6.45, 7) is -0.227. The zero-order valence-electron chi connectivity index (χ0n) is 15.0. The summed E-state index contributed by atoms with van der Waals surface area (Å²) in [5.41, 5.74) is 1.50. The van der Waals surface area contributed by atoms with E-state index in [1.54, 1.807) is 12.5 Å². The quantitative estimate of drug-likeness (QED) is 0.629. The van der Waals surface area contributed by atoms with E-state index in [1.165, 1.54) is 18.3 Å². The van der Waals surface area contributed by atoms with Crippen molar-refractivity contribution >= 4 is 33.1 Å². The minimum atomic E-state index is -4.49. The van der Waals surface area contributed by atoms with Crippen molar-refractivity contribution in [3.05, 3.63) is 41.8 Å². The zero-order valence-corrected chi connectivity index (χ0v) is 15.9. The van der Waals surface area contributed by atoms with Crippen molar-refractivity contribution in [1.29, 1.82) is 0 Å². The Labute approximate surface area is 163 Å². The van der Waals surface area contributed by atoms with Crippen LogP contribution < -0.4 is 10.1 Å². The van der Waals surface area contributed by atoms with Crippen LogP contribution in [0.2, 0.25) is 0 Å². The normalized spacial score (nSPS) is 12.8. The van der Waals surface area contributed by atoms with Gasteiger partial charge in [0.25, 0.3) is 5.91 Å². The van der Waals surface area contributed by atoms with Crippen LogP contribution in [0.4, 0.5) is 18.3 Å². The Morgan fingerprint density at radius 2 is 1.93 bits per heavy atom. The number of hydrogen-bond donors (Lipinski definition) is 1. The smallest absolute Gasteiger partial charge is 0.411 e. The highest BCUT2D eigenvalue weighted by molar-refractivity contribution is 7.14. The summed E-state index contributed by atoms with van der Waals surface area (Å²) in [5, 5.41) is 6.40. The van der Waals surface area contributed by atoms with Gasteiger partial charge in [-0.3, -0.25) is 10.1 Å². The Kier molecular flexibility index (Phi) is 5.85. The lowest BCUT2D eigenvalue weighted by Gasteiger charge is -2.13. The molecule has 0 saturated carbocycles. The molecule has 0 radical (unpaired) electrons. The Morgan fingerprint density at radius 3 is 2.61 bits per heavy atom. The lowest BCUT2D eigenvalue weighted by atomic mass is 10.0. The highest BCUT2D eigenvalue weighted by atomic mass is 32.1. The third kappa shape index (κ3) is 4.60. The van der Waals surface area contributed by atoms with Gasteiger partial charge in [0.2, 0.25) is 0 Å². The van der Waals surface area contributed by atoms with Gasteiger partial charge in [-0.2, -0.15) is 13.2 Å². The van der Waals surface area contributed by atoms with Gasteiger partial charge in [-0.25, -0.2) is 4.98 Å². The van der Waals surface area contributed by atoms with Crippen LogP contribution in [0.3, 0.4) is 0 Å². The van der Waals surface area contributed by atoms with E-state index in [9.17, 15) is 18.0 Å². The molecule has 2 aromatic carbocycles. The van der Waals surface area contributed by atoms with Crippen molar-refractivity contribution in [2.75, 3.05) is 19.0 Å². The molecule has 28 heavy (non-hydrogen) atoms. The average Bonchev–Trinajstić information content (AvgIpc) is 3.12. The lowest BCUT2D eigenvalue weighted by Crippen LogP contribution is -2.31. The predicted octanol–water partition coefficient (Wildman–Crippen LogP) is 4.88. The van der Waals surface area contributed by atoms with Gasteiger partial charge < -0.3 is 9.47 Å². The maximum atomic E-state index is 12.2. The van der Waals surface area contributed by atoms with E-state index in [-0.39, 0.29) is 5.13 Å². The molecule has 1 unspecified atom stereocenters. The summed E-state index contributed by atoms with van der Waals surface area (Å²) >= 11 is 1.18. The van der Waals surface area contributed by atoms with Crippen LogP contribution in [-0.4, -0.2) is 36.9 Å². The predicted molar refractivity (Wildman–Crippen MR) is 102 cm³/mol. The lowest BCUT2D eigenvalue weighted by molar-refractivity contribution is -0.184. The summed E-state index contributed by atoms with van der Waals surface area (Å²) < 4.78 is 46.5. The van der Waals surface area contributed by atoms with Gasteiger partial charge in [0.1, 0.15) is 18.5 Å². The van der Waals surface area contributed by atoms with Crippen LogP contribution in [-0.2, 0) is 9.53 Å². The molecule has 0 aliphatic rings. The Balaban J connectivity index is 1.78. The van der Waals surface area contributed by atoms with Crippen molar-refractivity contribution in [2.45, 2.75) is 19.2 Å². The van der Waals surface area contributed by atoms with Crippen LogP contribution in [0.15, 0.2) is 41.8 Å². The van der Waals surface area contributed by atoms with E-state index in [0.717, 1.165) is 22.1 Å². The van der Waals surface area contributed by atoms with Gasteiger partial charge in [0, 0.05) is 16.3 Å². The van der Waals surface area contributed by atoms with Crippen LogP contribution >= 0.6 is 11.3 Å². The van der Waals surface area contributed by atoms with E-state index >= 15 is 0 Å². The molecule has 1 amide bonds. The van der Waals surface area contributed by atoms with Crippen molar-refractivity contribution < 1.29 is 27.4 Å². The first-order valence-electron chi connectivity index (χ1n) is 8.29. The van der Waals surface area contributed by atoms with Crippen LogP contribution in [0.5, 0.6) is 5.75 Å². The zero-order chi connectivity index (χ0) is 20.3. The van der Waals surface area contributed by atoms with E-state index in [2.05, 4.69) is 15.0 Å². The molecule has 3 rings (SSSR count). The number of fused-ring (bicyclic) bond motifs is 1. The number of anilines is 1. The molecular weight excluding hydrogens is 393 g/mol. The van der Waals surface area contributed by atoms with Crippen molar-refractivity contribution in [3.8, 4) is 17.0 Å². The Morgan fingerprint density at radius 1 is 1.21 bits per heavy atom. The highest BCUT2D eigenvalue weighted by Gasteiger charge is 2.30. The van der Waals surface area contributed by atoms with Crippen LogP contribution in [0.25, 0.3) is 22.0 Å². The van der Waals surface area contributed by atoms with Crippen LogP contribution in [0.1, 0.15) is 6.92 Å². The molecule has 1 aromatic heterocycles. The molecular formula is C19H17F3N2O3S. The average molecular weight is 410 g/mol.